The Morgan fingerprint density at radius 3 is 3.00 bits per heavy atom. The van der Waals surface area contributed by atoms with Crippen molar-refractivity contribution >= 4 is 11.3 Å². The molecule has 3 rings (SSSR count). The first-order valence-corrected chi connectivity index (χ1v) is 8.41. The monoisotopic (exact) mass is 280 g/mol. The predicted octanol–water partition coefficient (Wildman–Crippen LogP) is 3.03. The Morgan fingerprint density at radius 2 is 2.26 bits per heavy atom. The van der Waals surface area contributed by atoms with Gasteiger partial charge in [0.15, 0.2) is 0 Å². The topological polar surface area (TPSA) is 34.2 Å². The third-order valence-corrected chi connectivity index (χ3v) is 5.70. The maximum Gasteiger partial charge on any atom is 0.113 e. The van der Waals surface area contributed by atoms with E-state index in [1.807, 2.05) is 11.3 Å². The fourth-order valence-corrected chi connectivity index (χ4v) is 4.77. The maximum absolute atomic E-state index is 5.74. The molecule has 4 heteroatoms. The van der Waals surface area contributed by atoms with Gasteiger partial charge in [-0.2, -0.15) is 0 Å². The summed E-state index contributed by atoms with van der Waals surface area (Å²) in [5.74, 6) is 0. The molecule has 0 spiro atoms. The van der Waals surface area contributed by atoms with E-state index in [9.17, 15) is 0 Å². The summed E-state index contributed by atoms with van der Waals surface area (Å²) >= 11 is 1.95. The van der Waals surface area contributed by atoms with Gasteiger partial charge in [-0.05, 0) is 52.0 Å². The van der Waals surface area contributed by atoms with Crippen LogP contribution >= 0.6 is 11.3 Å². The fourth-order valence-electron chi connectivity index (χ4n) is 3.41. The minimum absolute atomic E-state index is 0.0639. The molecule has 0 aromatic carbocycles. The maximum atomic E-state index is 5.74. The van der Waals surface area contributed by atoms with Crippen molar-refractivity contribution in [3.8, 4) is 0 Å². The van der Waals surface area contributed by atoms with Gasteiger partial charge in [0, 0.05) is 11.5 Å². The van der Waals surface area contributed by atoms with Gasteiger partial charge in [-0.15, -0.1) is 11.3 Å². The Morgan fingerprint density at radius 1 is 1.42 bits per heavy atom. The molecule has 2 aliphatic rings. The summed E-state index contributed by atoms with van der Waals surface area (Å²) in [6.07, 6.45) is 7.49. The highest BCUT2D eigenvalue weighted by Crippen LogP contribution is 2.39. The molecular weight excluding hydrogens is 256 g/mol. The summed E-state index contributed by atoms with van der Waals surface area (Å²) in [5.41, 5.74) is 1.44. The van der Waals surface area contributed by atoms with Gasteiger partial charge in [0.1, 0.15) is 5.01 Å². The van der Waals surface area contributed by atoms with Crippen LogP contribution in [0.25, 0.3) is 0 Å². The fraction of sp³-hybridized carbons (Fsp3) is 0.800. The molecule has 1 fully saturated rings. The van der Waals surface area contributed by atoms with E-state index in [4.69, 9.17) is 9.72 Å². The molecule has 1 saturated heterocycles. The molecule has 1 aliphatic carbocycles. The van der Waals surface area contributed by atoms with E-state index in [-0.39, 0.29) is 5.54 Å². The zero-order chi connectivity index (χ0) is 13.3. The highest BCUT2D eigenvalue weighted by atomic mass is 32.1. The minimum atomic E-state index is 0.0639. The van der Waals surface area contributed by atoms with Gasteiger partial charge >= 0.3 is 0 Å². The van der Waals surface area contributed by atoms with Crippen LogP contribution in [0.3, 0.4) is 0 Å². The Kier molecular flexibility index (Phi) is 3.92. The number of nitrogens with one attached hydrogen (secondary N) is 1. The smallest absolute Gasteiger partial charge is 0.113 e. The summed E-state index contributed by atoms with van der Waals surface area (Å²) in [6.45, 7) is 6.21. The summed E-state index contributed by atoms with van der Waals surface area (Å²) < 4.78 is 5.74. The number of rotatable bonds is 3. The van der Waals surface area contributed by atoms with Crippen LogP contribution in [0.5, 0.6) is 0 Å². The number of thiazole rings is 1. The lowest BCUT2D eigenvalue weighted by atomic mass is 9.87. The van der Waals surface area contributed by atoms with E-state index in [1.54, 1.807) is 0 Å². The van der Waals surface area contributed by atoms with Crippen molar-refractivity contribution in [1.29, 1.82) is 0 Å². The van der Waals surface area contributed by atoms with Crippen LogP contribution < -0.4 is 5.32 Å². The predicted molar refractivity (Wildman–Crippen MR) is 78.8 cm³/mol. The molecule has 3 nitrogen and oxygen atoms in total. The van der Waals surface area contributed by atoms with Crippen LogP contribution in [0.1, 0.15) is 55.1 Å². The second-order valence-corrected chi connectivity index (χ2v) is 6.93. The van der Waals surface area contributed by atoms with Gasteiger partial charge in [0.05, 0.1) is 17.3 Å². The second-order valence-electron chi connectivity index (χ2n) is 5.84. The highest BCUT2D eigenvalue weighted by molar-refractivity contribution is 7.11. The van der Waals surface area contributed by atoms with Gasteiger partial charge in [0.25, 0.3) is 0 Å². The number of aromatic nitrogens is 1. The normalized spacial score (nSPS) is 31.2. The molecule has 19 heavy (non-hydrogen) atoms. The van der Waals surface area contributed by atoms with Crippen molar-refractivity contribution in [2.75, 3.05) is 13.2 Å². The summed E-state index contributed by atoms with van der Waals surface area (Å²) in [4.78, 5) is 6.54. The first-order valence-electron chi connectivity index (χ1n) is 7.59. The third-order valence-electron chi connectivity index (χ3n) is 4.34. The Balaban J connectivity index is 1.92. The molecule has 2 heterocycles. The molecule has 1 aromatic heterocycles. The van der Waals surface area contributed by atoms with Gasteiger partial charge in [-0.1, -0.05) is 6.92 Å². The van der Waals surface area contributed by atoms with Crippen molar-refractivity contribution in [2.24, 2.45) is 0 Å². The lowest BCUT2D eigenvalue weighted by Gasteiger charge is -2.39. The van der Waals surface area contributed by atoms with Gasteiger partial charge in [0.2, 0.25) is 0 Å². The molecule has 106 valence electrons. The van der Waals surface area contributed by atoms with Crippen LogP contribution in [-0.2, 0) is 23.1 Å². The molecule has 1 N–H and O–H groups in total. The van der Waals surface area contributed by atoms with E-state index >= 15 is 0 Å². The Bertz CT molecular complexity index is 418. The zero-order valence-electron chi connectivity index (χ0n) is 12.0. The first kappa shape index (κ1) is 13.5. The number of hydrogen-bond donors (Lipinski definition) is 1. The first-order chi connectivity index (χ1) is 9.23. The summed E-state index contributed by atoms with van der Waals surface area (Å²) in [7, 11) is 0. The molecule has 2 atom stereocenters. The molecule has 1 aromatic rings. The van der Waals surface area contributed by atoms with Crippen LogP contribution in [0.2, 0.25) is 0 Å². The van der Waals surface area contributed by atoms with Crippen molar-refractivity contribution in [3.63, 3.8) is 0 Å². The van der Waals surface area contributed by atoms with Crippen LogP contribution in [0, 0.1) is 0 Å². The minimum Gasteiger partial charge on any atom is -0.378 e. The third kappa shape index (κ3) is 2.58. The van der Waals surface area contributed by atoms with Crippen LogP contribution in [0.15, 0.2) is 0 Å². The molecule has 0 bridgehead atoms. The van der Waals surface area contributed by atoms with Gasteiger partial charge in [-0.25, -0.2) is 4.98 Å². The standard InChI is InChI=1S/C15H24N2OS/c1-3-16-15(8-9-18-11(2)10-15)14-17-12-6-4-5-7-13(12)19-14/h11,16H,3-10H2,1-2H3. The van der Waals surface area contributed by atoms with Crippen LogP contribution in [-0.4, -0.2) is 24.2 Å². The number of ether oxygens (including phenoxy) is 1. The van der Waals surface area contributed by atoms with Crippen molar-refractivity contribution in [1.82, 2.24) is 10.3 Å². The highest BCUT2D eigenvalue weighted by Gasteiger charge is 2.39. The number of aryl methyl sites for hydroxylation is 2. The molecule has 0 saturated carbocycles. The van der Waals surface area contributed by atoms with Gasteiger partial charge < -0.3 is 10.1 Å². The molecule has 0 amide bonds. The number of fused-ring (bicyclic) bond motifs is 1. The number of hydrogen-bond acceptors (Lipinski definition) is 4. The summed E-state index contributed by atoms with van der Waals surface area (Å²) in [5, 5.41) is 5.04. The van der Waals surface area contributed by atoms with Crippen molar-refractivity contribution < 1.29 is 4.74 Å². The van der Waals surface area contributed by atoms with Crippen molar-refractivity contribution in [3.05, 3.63) is 15.6 Å². The Hall–Kier alpha value is -0.450. The second kappa shape index (κ2) is 5.51. The lowest BCUT2D eigenvalue weighted by Crippen LogP contribution is -2.48. The molecule has 1 aliphatic heterocycles. The SMILES string of the molecule is CCNC1(c2nc3c(s2)CCCC3)CCOC(C)C1. The number of nitrogens with zero attached hydrogens (tertiary/aromatic N) is 1. The largest absolute Gasteiger partial charge is 0.378 e. The quantitative estimate of drug-likeness (QED) is 0.924. The van der Waals surface area contributed by atoms with E-state index in [2.05, 4.69) is 19.2 Å². The van der Waals surface area contributed by atoms with E-state index < -0.39 is 0 Å². The molecular formula is C15H24N2OS. The van der Waals surface area contributed by atoms with Crippen molar-refractivity contribution in [2.45, 2.75) is 64.0 Å². The van der Waals surface area contributed by atoms with Crippen LogP contribution in [0.4, 0.5) is 0 Å². The Labute approximate surface area is 119 Å². The average Bonchev–Trinajstić information content (AvgIpc) is 2.83. The summed E-state index contributed by atoms with van der Waals surface area (Å²) in [6, 6.07) is 0. The van der Waals surface area contributed by atoms with E-state index in [0.29, 0.717) is 6.10 Å². The molecule has 0 radical (unpaired) electrons. The van der Waals surface area contributed by atoms with E-state index in [1.165, 1.54) is 41.3 Å². The molecule has 2 unspecified atom stereocenters. The van der Waals surface area contributed by atoms with E-state index in [0.717, 1.165) is 26.0 Å². The van der Waals surface area contributed by atoms with Gasteiger partial charge in [-0.3, -0.25) is 0 Å². The zero-order valence-corrected chi connectivity index (χ0v) is 12.8. The average molecular weight is 280 g/mol. The lowest BCUT2D eigenvalue weighted by molar-refractivity contribution is -0.0202.